The topological polar surface area (TPSA) is 94.2 Å². The van der Waals surface area contributed by atoms with Crippen LogP contribution in [-0.4, -0.2) is 22.2 Å². The zero-order chi connectivity index (χ0) is 22.0. The van der Waals surface area contributed by atoms with Gasteiger partial charge in [0.05, 0.1) is 16.8 Å². The minimum Gasteiger partial charge on any atom is -0.366 e. The lowest BCUT2D eigenvalue weighted by atomic mass is 10.1. The first-order valence-corrected chi connectivity index (χ1v) is 9.88. The van der Waals surface area contributed by atoms with E-state index in [1.54, 1.807) is 36.5 Å². The quantitative estimate of drug-likeness (QED) is 0.352. The number of anilines is 1. The van der Waals surface area contributed by atoms with Crippen LogP contribution < -0.4 is 11.1 Å². The van der Waals surface area contributed by atoms with E-state index in [9.17, 15) is 14.4 Å². The van der Waals surface area contributed by atoms with E-state index in [1.807, 2.05) is 34.9 Å². The lowest BCUT2D eigenvalue weighted by Crippen LogP contribution is -2.25. The maximum Gasteiger partial charge on any atom is 0.296 e. The Kier molecular flexibility index (Phi) is 5.56. The zero-order valence-electron chi connectivity index (χ0n) is 16.3. The largest absolute Gasteiger partial charge is 0.366 e. The Morgan fingerprint density at radius 3 is 2.29 bits per heavy atom. The molecule has 6 nitrogen and oxygen atoms in total. The number of nitrogens with zero attached hydrogens (tertiary/aromatic N) is 1. The van der Waals surface area contributed by atoms with Crippen molar-refractivity contribution in [2.75, 3.05) is 5.32 Å². The average Bonchev–Trinajstić information content (AvgIpc) is 3.13. The average molecular weight is 432 g/mol. The van der Waals surface area contributed by atoms with Gasteiger partial charge in [-0.15, -0.1) is 0 Å². The number of para-hydroxylation sites is 2. The Morgan fingerprint density at radius 2 is 1.55 bits per heavy atom. The third-order valence-corrected chi connectivity index (χ3v) is 5.20. The molecule has 4 rings (SSSR count). The Bertz CT molecular complexity index is 1310. The van der Waals surface area contributed by atoms with Crippen LogP contribution in [0.4, 0.5) is 5.69 Å². The van der Waals surface area contributed by atoms with Crippen LogP contribution in [0.1, 0.15) is 26.3 Å². The molecule has 3 aromatic carbocycles. The van der Waals surface area contributed by atoms with Gasteiger partial charge in [0, 0.05) is 28.7 Å². The molecule has 2 amide bonds. The number of carbonyl (C=O) groups excluding carboxylic acids is 3. The van der Waals surface area contributed by atoms with Gasteiger partial charge in [-0.1, -0.05) is 54.1 Å². The smallest absolute Gasteiger partial charge is 0.296 e. The molecule has 0 saturated heterocycles. The number of primary amides is 1. The molecule has 0 aliphatic heterocycles. The van der Waals surface area contributed by atoms with Gasteiger partial charge in [-0.05, 0) is 35.9 Å². The second-order valence-corrected chi connectivity index (χ2v) is 7.44. The number of hydrogen-bond donors (Lipinski definition) is 2. The highest BCUT2D eigenvalue weighted by molar-refractivity contribution is 6.48. The van der Waals surface area contributed by atoms with E-state index >= 15 is 0 Å². The summed E-state index contributed by atoms with van der Waals surface area (Å²) < 4.78 is 1.91. The molecule has 1 heterocycles. The molecule has 0 atom stereocenters. The van der Waals surface area contributed by atoms with Gasteiger partial charge in [0.2, 0.25) is 0 Å². The van der Waals surface area contributed by atoms with Crippen LogP contribution in [0.3, 0.4) is 0 Å². The summed E-state index contributed by atoms with van der Waals surface area (Å²) >= 11 is 5.96. The minimum atomic E-state index is -0.844. The van der Waals surface area contributed by atoms with Crippen LogP contribution in [0.15, 0.2) is 79.0 Å². The third-order valence-electron chi connectivity index (χ3n) is 4.95. The lowest BCUT2D eigenvalue weighted by molar-refractivity contribution is -0.112. The number of aromatic nitrogens is 1. The van der Waals surface area contributed by atoms with Crippen molar-refractivity contribution in [2.45, 2.75) is 6.54 Å². The molecule has 0 fully saturated rings. The van der Waals surface area contributed by atoms with E-state index in [-0.39, 0.29) is 16.8 Å². The van der Waals surface area contributed by atoms with Crippen LogP contribution in [0, 0.1) is 0 Å². The van der Waals surface area contributed by atoms with Crippen LogP contribution in [0.2, 0.25) is 5.02 Å². The van der Waals surface area contributed by atoms with E-state index < -0.39 is 17.6 Å². The predicted octanol–water partition coefficient (Wildman–Crippen LogP) is 4.26. The monoisotopic (exact) mass is 431 g/mol. The fraction of sp³-hybridized carbons (Fsp3) is 0.0417. The molecular formula is C24H18ClN3O3. The van der Waals surface area contributed by atoms with E-state index in [4.69, 9.17) is 17.3 Å². The highest BCUT2D eigenvalue weighted by Gasteiger charge is 2.23. The van der Waals surface area contributed by atoms with Gasteiger partial charge >= 0.3 is 0 Å². The molecule has 31 heavy (non-hydrogen) atoms. The number of Topliss-reactive ketones (excluding diaryl/α,β-unsaturated/α-hetero) is 1. The van der Waals surface area contributed by atoms with Gasteiger partial charge in [-0.25, -0.2) is 0 Å². The summed E-state index contributed by atoms with van der Waals surface area (Å²) in [6, 6.07) is 21.1. The van der Waals surface area contributed by atoms with E-state index in [0.29, 0.717) is 17.0 Å². The Hall–Kier alpha value is -3.90. The van der Waals surface area contributed by atoms with Crippen molar-refractivity contribution in [3.8, 4) is 0 Å². The number of fused-ring (bicyclic) bond motifs is 1. The molecule has 0 spiro atoms. The van der Waals surface area contributed by atoms with Crippen molar-refractivity contribution in [2.24, 2.45) is 5.73 Å². The highest BCUT2D eigenvalue weighted by Crippen LogP contribution is 2.24. The maximum absolute atomic E-state index is 13.0. The number of benzene rings is 3. The van der Waals surface area contributed by atoms with E-state index in [1.165, 1.54) is 12.1 Å². The molecule has 1 aromatic heterocycles. The first-order valence-electron chi connectivity index (χ1n) is 9.51. The number of nitrogens with two attached hydrogens (primary N) is 1. The zero-order valence-corrected chi connectivity index (χ0v) is 17.1. The minimum absolute atomic E-state index is 0.133. The van der Waals surface area contributed by atoms with Gasteiger partial charge in [0.1, 0.15) is 0 Å². The molecular weight excluding hydrogens is 414 g/mol. The van der Waals surface area contributed by atoms with Crippen LogP contribution >= 0.6 is 11.6 Å². The summed E-state index contributed by atoms with van der Waals surface area (Å²) in [5.41, 5.74) is 7.78. The molecule has 4 aromatic rings. The number of rotatable bonds is 6. The first kappa shape index (κ1) is 20.4. The fourth-order valence-corrected chi connectivity index (χ4v) is 3.58. The summed E-state index contributed by atoms with van der Waals surface area (Å²) in [5.74, 6) is -2.24. The van der Waals surface area contributed by atoms with Crippen molar-refractivity contribution in [3.05, 3.63) is 101 Å². The molecule has 0 aliphatic carbocycles. The van der Waals surface area contributed by atoms with Crippen molar-refractivity contribution in [1.82, 2.24) is 4.57 Å². The number of carbonyl (C=O) groups is 3. The number of nitrogens with one attached hydrogen (secondary N) is 1. The summed E-state index contributed by atoms with van der Waals surface area (Å²) in [6.45, 7) is 0.511. The van der Waals surface area contributed by atoms with Crippen LogP contribution in [0.25, 0.3) is 10.9 Å². The Morgan fingerprint density at radius 1 is 0.871 bits per heavy atom. The van der Waals surface area contributed by atoms with Gasteiger partial charge < -0.3 is 15.6 Å². The summed E-state index contributed by atoms with van der Waals surface area (Å²) in [5, 5.41) is 3.82. The normalized spacial score (nSPS) is 10.7. The van der Waals surface area contributed by atoms with Crippen LogP contribution in [-0.2, 0) is 11.3 Å². The molecule has 3 N–H and O–H groups in total. The van der Waals surface area contributed by atoms with Gasteiger partial charge in [0.15, 0.2) is 0 Å². The van der Waals surface area contributed by atoms with Gasteiger partial charge in [0.25, 0.3) is 17.6 Å². The summed E-state index contributed by atoms with van der Waals surface area (Å²) in [4.78, 5) is 37.3. The SMILES string of the molecule is NC(=O)c1ccccc1NC(=O)C(=O)c1cn(Cc2ccc(Cl)cc2)c2ccccc12. The molecule has 0 bridgehead atoms. The molecule has 154 valence electrons. The number of hydrogen-bond acceptors (Lipinski definition) is 3. The fourth-order valence-electron chi connectivity index (χ4n) is 3.45. The Labute approximate surface area is 183 Å². The van der Waals surface area contributed by atoms with E-state index in [0.717, 1.165) is 11.1 Å². The third kappa shape index (κ3) is 4.20. The molecule has 0 saturated carbocycles. The van der Waals surface area contributed by atoms with Crippen molar-refractivity contribution in [3.63, 3.8) is 0 Å². The number of amides is 2. The standard InChI is InChI=1S/C24H18ClN3O3/c25-16-11-9-15(10-12-16)13-28-14-19(17-5-2-4-8-21(17)28)22(29)24(31)27-20-7-3-1-6-18(20)23(26)30/h1-12,14H,13H2,(H2,26,30)(H,27,31). The van der Waals surface area contributed by atoms with Crippen molar-refractivity contribution >= 4 is 45.8 Å². The van der Waals surface area contributed by atoms with Crippen molar-refractivity contribution in [1.29, 1.82) is 0 Å². The lowest BCUT2D eigenvalue weighted by Gasteiger charge is -2.07. The number of halogens is 1. The highest BCUT2D eigenvalue weighted by atomic mass is 35.5. The van der Waals surface area contributed by atoms with Gasteiger partial charge in [-0.3, -0.25) is 14.4 Å². The maximum atomic E-state index is 13.0. The summed E-state index contributed by atoms with van der Waals surface area (Å²) in [7, 11) is 0. The van der Waals surface area contributed by atoms with Crippen LogP contribution in [0.5, 0.6) is 0 Å². The van der Waals surface area contributed by atoms with Gasteiger partial charge in [-0.2, -0.15) is 0 Å². The molecule has 7 heteroatoms. The van der Waals surface area contributed by atoms with E-state index in [2.05, 4.69) is 5.32 Å². The molecule has 0 radical (unpaired) electrons. The first-order chi connectivity index (χ1) is 14.9. The molecule has 0 aliphatic rings. The Balaban J connectivity index is 1.66. The second-order valence-electron chi connectivity index (χ2n) is 7.01. The van der Waals surface area contributed by atoms with Crippen molar-refractivity contribution < 1.29 is 14.4 Å². The summed E-state index contributed by atoms with van der Waals surface area (Å²) in [6.07, 6.45) is 1.67. The predicted molar refractivity (Wildman–Crippen MR) is 120 cm³/mol. The molecule has 0 unspecified atom stereocenters. The second kappa shape index (κ2) is 8.45. The number of ketones is 1.